The van der Waals surface area contributed by atoms with Crippen molar-refractivity contribution >= 4 is 94.5 Å². The zero-order chi connectivity index (χ0) is 72.7. The minimum atomic E-state index is -1.01. The van der Waals surface area contributed by atoms with Crippen molar-refractivity contribution in [2.45, 2.75) is 55.3 Å². The molecule has 0 heterocycles. The van der Waals surface area contributed by atoms with E-state index in [1.54, 1.807) is 0 Å². The van der Waals surface area contributed by atoms with Crippen LogP contribution in [-0.4, -0.2) is 0 Å². The summed E-state index contributed by atoms with van der Waals surface area (Å²) in [4.78, 5) is 5.41. The normalized spacial score (nSPS) is 19.0. The molecule has 0 radical (unpaired) electrons. The molecule has 4 unspecified atom stereocenters. The molecule has 0 saturated carbocycles. The minimum absolute atomic E-state index is 0.00881. The van der Waals surface area contributed by atoms with E-state index in [2.05, 4.69) is 402 Å². The van der Waals surface area contributed by atoms with Crippen molar-refractivity contribution < 1.29 is 0 Å². The lowest BCUT2D eigenvalue weighted by Gasteiger charge is -2.51. The van der Waals surface area contributed by atoms with Gasteiger partial charge in [0.25, 0.3) is 0 Å². The van der Waals surface area contributed by atoms with Crippen LogP contribution in [0.4, 0.5) is 28.4 Å². The summed E-state index contributed by atoms with van der Waals surface area (Å²) in [7, 11) is 0. The van der Waals surface area contributed by atoms with Crippen LogP contribution in [0.15, 0.2) is 363 Å². The Morgan fingerprint density at radius 1 is 0.282 bits per heavy atom. The molecule has 516 valence electrons. The minimum Gasteiger partial charge on any atom is -0.313 e. The number of anilines is 5. The zero-order valence-electron chi connectivity index (χ0n) is 61.7. The van der Waals surface area contributed by atoms with E-state index in [1.165, 1.54) is 182 Å². The van der Waals surface area contributed by atoms with E-state index in [4.69, 9.17) is 0 Å². The molecule has 0 N–H and O–H groups in total. The number of nitrogens with zero attached hydrogens (tertiary/aromatic N) is 2. The first-order valence-corrected chi connectivity index (χ1v) is 39.2. The van der Waals surface area contributed by atoms with Gasteiger partial charge in [-0.3, -0.25) is 0 Å². The van der Waals surface area contributed by atoms with Gasteiger partial charge >= 0.3 is 0 Å². The van der Waals surface area contributed by atoms with E-state index in [0.29, 0.717) is 0 Å². The second-order valence-electron chi connectivity index (χ2n) is 32.8. The Morgan fingerprint density at radius 2 is 0.727 bits per heavy atom. The summed E-state index contributed by atoms with van der Waals surface area (Å²) < 4.78 is 0. The van der Waals surface area contributed by atoms with Crippen molar-refractivity contribution in [2.24, 2.45) is 5.92 Å². The van der Waals surface area contributed by atoms with Gasteiger partial charge in [0.05, 0.1) is 27.9 Å². The van der Waals surface area contributed by atoms with Crippen LogP contribution in [0.2, 0.25) is 0 Å². The van der Waals surface area contributed by atoms with Gasteiger partial charge in [0.1, 0.15) is 0 Å². The topological polar surface area (TPSA) is 6.48 Å². The summed E-state index contributed by atoms with van der Waals surface area (Å²) in [5.74, 6) is 0.133. The fourth-order valence-corrected chi connectivity index (χ4v) is 22.6. The highest BCUT2D eigenvalue weighted by atomic mass is 15.2. The third kappa shape index (κ3) is 7.87. The predicted octanol–water partition coefficient (Wildman–Crippen LogP) is 27.7. The largest absolute Gasteiger partial charge is 0.313 e. The summed E-state index contributed by atoms with van der Waals surface area (Å²) in [6, 6.07) is 128. The molecule has 17 aromatic carbocycles. The molecule has 24 rings (SSSR count). The molecule has 2 nitrogen and oxygen atoms in total. The van der Waals surface area contributed by atoms with Crippen molar-refractivity contribution in [3.8, 4) is 44.5 Å². The van der Waals surface area contributed by atoms with Gasteiger partial charge in [-0.15, -0.1) is 0 Å². The highest BCUT2D eigenvalue weighted by molar-refractivity contribution is 6.26. The lowest BCUT2D eigenvalue weighted by atomic mass is 9.49. The van der Waals surface area contributed by atoms with Gasteiger partial charge in [-0.2, -0.15) is 0 Å². The summed E-state index contributed by atoms with van der Waals surface area (Å²) in [5, 5.41) is 12.3. The van der Waals surface area contributed by atoms with Gasteiger partial charge in [-0.1, -0.05) is 343 Å². The Bertz CT molecular complexity index is 7040. The first kappa shape index (κ1) is 62.0. The Labute approximate surface area is 641 Å². The molecular weight excluding hydrogens is 1330 g/mol. The van der Waals surface area contributed by atoms with Crippen molar-refractivity contribution in [1.82, 2.24) is 0 Å². The second-order valence-corrected chi connectivity index (χ2v) is 32.8. The first-order chi connectivity index (χ1) is 54.1. The first-order valence-electron chi connectivity index (χ1n) is 39.2. The number of benzene rings is 17. The summed E-state index contributed by atoms with van der Waals surface area (Å²) in [6.07, 6.45) is 14.6. The van der Waals surface area contributed by atoms with Gasteiger partial charge in [-0.05, 0) is 209 Å². The summed E-state index contributed by atoms with van der Waals surface area (Å²) in [6.45, 7) is 9.70. The van der Waals surface area contributed by atoms with Crippen LogP contribution in [0.5, 0.6) is 0 Å². The number of hydrogen-bond acceptors (Lipinski definition) is 2. The van der Waals surface area contributed by atoms with Crippen LogP contribution in [0.3, 0.4) is 0 Å². The Morgan fingerprint density at radius 3 is 1.30 bits per heavy atom. The second kappa shape index (κ2) is 22.3. The van der Waals surface area contributed by atoms with Crippen molar-refractivity contribution in [2.75, 3.05) is 9.80 Å². The molecule has 0 spiro atoms. The van der Waals surface area contributed by atoms with Gasteiger partial charge in [-0.25, -0.2) is 0 Å². The van der Waals surface area contributed by atoms with E-state index in [1.807, 2.05) is 0 Å². The van der Waals surface area contributed by atoms with Crippen LogP contribution in [-0.2, 0) is 21.7 Å². The molecule has 17 aromatic rings. The standard InChI is InChI=1S/C108H74N2/c1-105(2)87-41-19-15-33-75(87)77-57-53-73(61-91(77)105)109(95-59-51-69-47-45-65-25-23-27-67-49-55-85(95)101(69)99(65)67)97-63-93-103(81-37-13-11-35-79(81)97)83-39-17-21-43-89(83)107(93,71-29-7-5-8-30-71)108(72-31-9-6-10-32-72)90-44-22-18-40-84(90)104-82-38-14-12-36-80(82)98(64-94(104)108)110(74-54-58-78-76-34-16-20-42-88(76)106(3,4)92(78)62-74)96-60-52-70-48-46-66-26-24-28-68-50-56-86(96)102(70)100(66)68/h5-64,85,101H,1-4H3. The fourth-order valence-electron chi connectivity index (χ4n) is 22.6. The summed E-state index contributed by atoms with van der Waals surface area (Å²) in [5.41, 5.74) is 32.9. The predicted molar refractivity (Wildman–Crippen MR) is 460 cm³/mol. The number of fused-ring (bicyclic) bond motifs is 16. The van der Waals surface area contributed by atoms with E-state index in [0.717, 1.165) is 28.4 Å². The SMILES string of the molecule is CC1(C)c2ccccc2-c2ccc(N(C3=CC=C4C=Cc5cccc6c5C4C3C=C6)c3cc4c(c5ccccc35)-c3ccccc3C4(c3ccccc3)C3(c4ccccc4)c4ccccc4-c4c3cc(N(c3ccc5c(c3)C(C)(C)c3ccccc3-5)c3ccc5ccc6cccc7ccc3c5c67)c3ccccc43)cc21. The van der Waals surface area contributed by atoms with Gasteiger partial charge in [0, 0.05) is 55.9 Å². The van der Waals surface area contributed by atoms with Crippen molar-refractivity contribution in [3.63, 3.8) is 0 Å². The maximum atomic E-state index is 2.73. The Kier molecular flexibility index (Phi) is 12.5. The fraction of sp³-hybridized carbons (Fsp3) is 0.0926. The van der Waals surface area contributed by atoms with Crippen molar-refractivity contribution in [1.29, 1.82) is 0 Å². The number of rotatable bonds is 9. The van der Waals surface area contributed by atoms with Crippen LogP contribution in [0.1, 0.15) is 106 Å². The van der Waals surface area contributed by atoms with E-state index >= 15 is 0 Å². The summed E-state index contributed by atoms with van der Waals surface area (Å²) >= 11 is 0. The maximum Gasteiger partial charge on any atom is 0.0642 e. The third-order valence-corrected chi connectivity index (χ3v) is 27.1. The van der Waals surface area contributed by atoms with E-state index < -0.39 is 10.8 Å². The van der Waals surface area contributed by atoms with Gasteiger partial charge in [0.2, 0.25) is 0 Å². The van der Waals surface area contributed by atoms with E-state index in [9.17, 15) is 0 Å². The van der Waals surface area contributed by atoms with E-state index in [-0.39, 0.29) is 22.7 Å². The molecule has 4 atom stereocenters. The molecule has 0 aliphatic heterocycles. The average Bonchev–Trinajstić information content (AvgIpc) is 1.46. The lowest BCUT2D eigenvalue weighted by molar-refractivity contribution is 0.438. The molecule has 7 aliphatic carbocycles. The highest BCUT2D eigenvalue weighted by Gasteiger charge is 2.65. The Balaban J connectivity index is 0.845. The molecule has 0 amide bonds. The maximum absolute atomic E-state index is 2.73. The number of allylic oxidation sites excluding steroid dienone is 5. The quantitative estimate of drug-likeness (QED) is 0.133. The molecule has 110 heavy (non-hydrogen) atoms. The molecule has 7 aliphatic rings. The molecule has 2 heteroatoms. The highest BCUT2D eigenvalue weighted by Crippen LogP contribution is 2.73. The molecular formula is C108H74N2. The monoisotopic (exact) mass is 1400 g/mol. The smallest absolute Gasteiger partial charge is 0.0642 e. The van der Waals surface area contributed by atoms with Crippen LogP contribution < -0.4 is 9.80 Å². The van der Waals surface area contributed by atoms with Crippen LogP contribution >= 0.6 is 0 Å². The molecule has 0 bridgehead atoms. The van der Waals surface area contributed by atoms with Crippen LogP contribution in [0.25, 0.3) is 111 Å². The number of hydrogen-bond donors (Lipinski definition) is 0. The van der Waals surface area contributed by atoms with Gasteiger partial charge in [0.15, 0.2) is 0 Å². The van der Waals surface area contributed by atoms with Crippen LogP contribution in [0, 0.1) is 5.92 Å². The van der Waals surface area contributed by atoms with Crippen molar-refractivity contribution in [3.05, 3.63) is 435 Å². The molecule has 0 aromatic heterocycles. The lowest BCUT2D eigenvalue weighted by Crippen LogP contribution is -2.50. The Hall–Kier alpha value is -13.1. The third-order valence-electron chi connectivity index (χ3n) is 27.1. The molecule has 0 saturated heterocycles. The zero-order valence-corrected chi connectivity index (χ0v) is 61.7. The molecule has 0 fully saturated rings. The average molecular weight is 1400 g/mol. The van der Waals surface area contributed by atoms with Gasteiger partial charge < -0.3 is 9.80 Å².